The summed E-state index contributed by atoms with van der Waals surface area (Å²) in [6.07, 6.45) is 1.71. The van der Waals surface area contributed by atoms with E-state index in [1.807, 2.05) is 18.4 Å². The van der Waals surface area contributed by atoms with Crippen LogP contribution >= 0.6 is 15.9 Å². The maximum atomic E-state index is 12.0. The molecule has 0 fully saturated rings. The summed E-state index contributed by atoms with van der Waals surface area (Å²) in [6, 6.07) is 4.50. The van der Waals surface area contributed by atoms with Gasteiger partial charge in [-0.2, -0.15) is 0 Å². The number of nitrogens with zero attached hydrogens (tertiary/aromatic N) is 2. The second-order valence-electron chi connectivity index (χ2n) is 4.27. The van der Waals surface area contributed by atoms with E-state index in [4.69, 9.17) is 0 Å². The van der Waals surface area contributed by atoms with Crippen molar-refractivity contribution < 1.29 is 4.92 Å². The minimum Gasteiger partial charge on any atom is -0.344 e. The maximum Gasteiger partial charge on any atom is 0.270 e. The zero-order valence-corrected chi connectivity index (χ0v) is 11.5. The third-order valence-corrected chi connectivity index (χ3v) is 3.30. The third kappa shape index (κ3) is 2.03. The van der Waals surface area contributed by atoms with Crippen LogP contribution in [0.4, 0.5) is 5.69 Å². The fraction of sp³-hybridized carbons (Fsp3) is 0.250. The fourth-order valence-electron chi connectivity index (χ4n) is 1.85. The van der Waals surface area contributed by atoms with Gasteiger partial charge >= 0.3 is 0 Å². The Balaban J connectivity index is 2.90. The van der Waals surface area contributed by atoms with E-state index in [1.165, 1.54) is 12.1 Å². The van der Waals surface area contributed by atoms with Gasteiger partial charge in [0.15, 0.2) is 0 Å². The highest BCUT2D eigenvalue weighted by molar-refractivity contribution is 9.10. The number of hydrogen-bond acceptors (Lipinski definition) is 3. The summed E-state index contributed by atoms with van der Waals surface area (Å²) in [6.45, 7) is 3.97. The van der Waals surface area contributed by atoms with E-state index in [2.05, 4.69) is 15.9 Å². The number of hydrogen-bond donors (Lipinski definition) is 0. The van der Waals surface area contributed by atoms with E-state index in [0.29, 0.717) is 15.4 Å². The highest BCUT2D eigenvalue weighted by atomic mass is 79.9. The first-order valence-electron chi connectivity index (χ1n) is 5.40. The van der Waals surface area contributed by atoms with Crippen LogP contribution in [-0.4, -0.2) is 9.49 Å². The van der Waals surface area contributed by atoms with Crippen molar-refractivity contribution >= 4 is 32.5 Å². The fourth-order valence-corrected chi connectivity index (χ4v) is 2.28. The highest BCUT2D eigenvalue weighted by Crippen LogP contribution is 2.23. The molecule has 0 radical (unpaired) electrons. The third-order valence-electron chi connectivity index (χ3n) is 2.74. The summed E-state index contributed by atoms with van der Waals surface area (Å²) in [4.78, 5) is 22.2. The van der Waals surface area contributed by atoms with Crippen molar-refractivity contribution in [2.24, 2.45) is 0 Å². The van der Waals surface area contributed by atoms with E-state index >= 15 is 0 Å². The Morgan fingerprint density at radius 3 is 2.61 bits per heavy atom. The lowest BCUT2D eigenvalue weighted by Gasteiger charge is -2.15. The average Bonchev–Trinajstić information content (AvgIpc) is 2.32. The summed E-state index contributed by atoms with van der Waals surface area (Å²) in [5.74, 6) is 0. The molecule has 2 aromatic rings. The minimum atomic E-state index is -0.500. The number of nitro benzene ring substituents is 1. The first-order chi connectivity index (χ1) is 8.41. The van der Waals surface area contributed by atoms with Gasteiger partial charge in [0.25, 0.3) is 5.69 Å². The molecule has 0 saturated carbocycles. The molecular weight excluding hydrogens is 300 g/mol. The molecular formula is C12H11BrN2O3. The monoisotopic (exact) mass is 310 g/mol. The predicted molar refractivity (Wildman–Crippen MR) is 72.9 cm³/mol. The van der Waals surface area contributed by atoms with E-state index < -0.39 is 4.92 Å². The molecule has 0 bridgehead atoms. The van der Waals surface area contributed by atoms with Crippen molar-refractivity contribution in [1.82, 2.24) is 4.57 Å². The summed E-state index contributed by atoms with van der Waals surface area (Å²) < 4.78 is 2.31. The molecule has 0 atom stereocenters. The quantitative estimate of drug-likeness (QED) is 0.631. The number of nitro groups is 1. The van der Waals surface area contributed by atoms with Gasteiger partial charge in [-0.25, -0.2) is 0 Å². The molecule has 1 aromatic carbocycles. The molecule has 5 nitrogen and oxygen atoms in total. The molecule has 1 heterocycles. The Bertz CT molecular complexity index is 692. The van der Waals surface area contributed by atoms with E-state index in [9.17, 15) is 14.9 Å². The van der Waals surface area contributed by atoms with Gasteiger partial charge < -0.3 is 4.57 Å². The number of pyridine rings is 1. The molecule has 0 spiro atoms. The van der Waals surface area contributed by atoms with Gasteiger partial charge in [-0.3, -0.25) is 14.9 Å². The molecule has 0 amide bonds. The second-order valence-corrected chi connectivity index (χ2v) is 5.12. The SMILES string of the molecule is CC(C)n1cc(Br)c(=O)c2cc([N+](=O)[O-])ccc21. The van der Waals surface area contributed by atoms with E-state index in [1.54, 1.807) is 12.3 Å². The molecule has 94 valence electrons. The van der Waals surface area contributed by atoms with Crippen molar-refractivity contribution in [2.75, 3.05) is 0 Å². The highest BCUT2D eigenvalue weighted by Gasteiger charge is 2.13. The standard InChI is InChI=1S/C12H11BrN2O3/c1-7(2)14-6-10(13)12(16)9-5-8(15(17)18)3-4-11(9)14/h3-7H,1-2H3. The van der Waals surface area contributed by atoms with Crippen LogP contribution in [0.15, 0.2) is 33.7 Å². The van der Waals surface area contributed by atoms with Crippen molar-refractivity contribution in [3.63, 3.8) is 0 Å². The lowest BCUT2D eigenvalue weighted by Crippen LogP contribution is -2.12. The average molecular weight is 311 g/mol. The molecule has 0 saturated heterocycles. The molecule has 0 aliphatic heterocycles. The molecule has 0 N–H and O–H groups in total. The van der Waals surface area contributed by atoms with Crippen LogP contribution < -0.4 is 5.43 Å². The first kappa shape index (κ1) is 12.8. The van der Waals surface area contributed by atoms with Crippen LogP contribution in [0.1, 0.15) is 19.9 Å². The van der Waals surface area contributed by atoms with Gasteiger partial charge in [0.1, 0.15) is 0 Å². The van der Waals surface area contributed by atoms with Crippen LogP contribution in [0.2, 0.25) is 0 Å². The van der Waals surface area contributed by atoms with Crippen molar-refractivity contribution in [1.29, 1.82) is 0 Å². The summed E-state index contributed by atoms with van der Waals surface area (Å²) >= 11 is 3.19. The Kier molecular flexibility index (Phi) is 3.21. The van der Waals surface area contributed by atoms with Crippen molar-refractivity contribution in [3.05, 3.63) is 49.2 Å². The van der Waals surface area contributed by atoms with Crippen LogP contribution in [-0.2, 0) is 0 Å². The summed E-state index contributed by atoms with van der Waals surface area (Å²) in [5, 5.41) is 11.1. The Morgan fingerprint density at radius 2 is 2.06 bits per heavy atom. The smallest absolute Gasteiger partial charge is 0.270 e. The van der Waals surface area contributed by atoms with Gasteiger partial charge in [-0.1, -0.05) is 0 Å². The number of aromatic nitrogens is 1. The molecule has 6 heteroatoms. The Hall–Kier alpha value is -1.69. The van der Waals surface area contributed by atoms with Crippen LogP contribution in [0, 0.1) is 10.1 Å². The number of rotatable bonds is 2. The largest absolute Gasteiger partial charge is 0.344 e. The number of halogens is 1. The lowest BCUT2D eigenvalue weighted by atomic mass is 10.1. The first-order valence-corrected chi connectivity index (χ1v) is 6.20. The molecule has 0 unspecified atom stereocenters. The zero-order chi connectivity index (χ0) is 13.4. The second kappa shape index (κ2) is 4.53. The Morgan fingerprint density at radius 1 is 1.39 bits per heavy atom. The van der Waals surface area contributed by atoms with Gasteiger partial charge in [0, 0.05) is 24.4 Å². The molecule has 0 aliphatic rings. The van der Waals surface area contributed by atoms with Gasteiger partial charge in [-0.15, -0.1) is 0 Å². The molecule has 0 aliphatic carbocycles. The van der Waals surface area contributed by atoms with Crippen LogP contribution in [0.5, 0.6) is 0 Å². The number of non-ortho nitro benzene ring substituents is 1. The molecule has 1 aromatic heterocycles. The zero-order valence-electron chi connectivity index (χ0n) is 9.88. The molecule has 2 rings (SSSR count). The van der Waals surface area contributed by atoms with Crippen LogP contribution in [0.25, 0.3) is 10.9 Å². The van der Waals surface area contributed by atoms with E-state index in [0.717, 1.165) is 0 Å². The van der Waals surface area contributed by atoms with Crippen LogP contribution in [0.3, 0.4) is 0 Å². The maximum absolute atomic E-state index is 12.0. The van der Waals surface area contributed by atoms with Crippen molar-refractivity contribution in [2.45, 2.75) is 19.9 Å². The minimum absolute atomic E-state index is 0.0759. The number of fused-ring (bicyclic) bond motifs is 1. The lowest BCUT2D eigenvalue weighted by molar-refractivity contribution is -0.384. The normalized spacial score (nSPS) is 11.1. The van der Waals surface area contributed by atoms with Gasteiger partial charge in [-0.05, 0) is 35.8 Å². The summed E-state index contributed by atoms with van der Waals surface area (Å²) in [5.41, 5.74) is 0.391. The summed E-state index contributed by atoms with van der Waals surface area (Å²) in [7, 11) is 0. The predicted octanol–water partition coefficient (Wildman–Crippen LogP) is 3.25. The topological polar surface area (TPSA) is 65.1 Å². The van der Waals surface area contributed by atoms with Crippen molar-refractivity contribution in [3.8, 4) is 0 Å². The number of benzene rings is 1. The Labute approximate surface area is 111 Å². The van der Waals surface area contributed by atoms with Gasteiger partial charge in [0.05, 0.1) is 20.3 Å². The van der Waals surface area contributed by atoms with E-state index in [-0.39, 0.29) is 17.2 Å². The van der Waals surface area contributed by atoms with Gasteiger partial charge in [0.2, 0.25) is 5.43 Å². The molecule has 18 heavy (non-hydrogen) atoms.